The minimum atomic E-state index is 0.406. The van der Waals surface area contributed by atoms with Crippen molar-refractivity contribution in [3.8, 4) is 0 Å². The minimum Gasteiger partial charge on any atom is -0.369 e. The van der Waals surface area contributed by atoms with Crippen molar-refractivity contribution in [1.82, 2.24) is 0 Å². The fourth-order valence-electron chi connectivity index (χ4n) is 2.02. The summed E-state index contributed by atoms with van der Waals surface area (Å²) in [6, 6.07) is 13.9. The Morgan fingerprint density at radius 1 is 1.22 bits per heavy atom. The van der Waals surface area contributed by atoms with Crippen LogP contribution < -0.4 is 10.6 Å². The highest BCUT2D eigenvalue weighted by Gasteiger charge is 2.11. The van der Waals surface area contributed by atoms with Crippen molar-refractivity contribution >= 4 is 52.5 Å². The first kappa shape index (κ1) is 18.0. The molecule has 2 aromatic carbocycles. The van der Waals surface area contributed by atoms with E-state index in [2.05, 4.69) is 11.9 Å². The molecule has 0 atom stereocenters. The first-order chi connectivity index (χ1) is 11.0. The number of benzene rings is 2. The topological polar surface area (TPSA) is 41.6 Å². The largest absolute Gasteiger partial charge is 0.369 e. The van der Waals surface area contributed by atoms with Gasteiger partial charge in [0.2, 0.25) is 5.96 Å². The molecule has 0 saturated carbocycles. The molecular weight excluding hydrogens is 346 g/mol. The van der Waals surface area contributed by atoms with Crippen molar-refractivity contribution < 1.29 is 0 Å². The van der Waals surface area contributed by atoms with Gasteiger partial charge in [0.05, 0.1) is 16.4 Å². The molecule has 0 fully saturated rings. The van der Waals surface area contributed by atoms with Gasteiger partial charge in [-0.2, -0.15) is 0 Å². The van der Waals surface area contributed by atoms with Gasteiger partial charge in [-0.3, -0.25) is 0 Å². The molecule has 2 rings (SSSR count). The Balaban J connectivity index is 2.29. The molecule has 23 heavy (non-hydrogen) atoms. The normalized spacial score (nSPS) is 11.6. The van der Waals surface area contributed by atoms with Crippen LogP contribution in [-0.4, -0.2) is 25.0 Å². The third-order valence-electron chi connectivity index (χ3n) is 3.23. The number of hydrogen-bond acceptors (Lipinski definition) is 3. The van der Waals surface area contributed by atoms with Crippen LogP contribution >= 0.6 is 35.1 Å². The first-order valence-corrected chi connectivity index (χ1v) is 9.78. The Kier molecular flexibility index (Phi) is 6.69. The molecule has 0 heterocycles. The highest BCUT2D eigenvalue weighted by Crippen LogP contribution is 2.31. The average Bonchev–Trinajstić information content (AvgIpc) is 2.56. The van der Waals surface area contributed by atoms with Crippen LogP contribution in [0.3, 0.4) is 0 Å². The smallest absolute Gasteiger partial charge is 0.200 e. The molecule has 122 valence electrons. The summed E-state index contributed by atoms with van der Waals surface area (Å²) in [6.07, 6.45) is 2.04. The molecule has 0 aromatic heterocycles. The Morgan fingerprint density at radius 2 is 2.00 bits per heavy atom. The molecule has 0 bridgehead atoms. The number of aliphatic imine (C=N–C) groups is 1. The van der Waals surface area contributed by atoms with Crippen LogP contribution in [0.5, 0.6) is 0 Å². The number of thioether (sulfide) groups is 2. The van der Waals surface area contributed by atoms with Crippen LogP contribution in [0.25, 0.3) is 0 Å². The molecule has 0 radical (unpaired) electrons. The maximum atomic E-state index is 6.32. The van der Waals surface area contributed by atoms with Gasteiger partial charge in [-0.15, -0.1) is 23.5 Å². The third kappa shape index (κ3) is 4.83. The molecule has 6 heteroatoms. The summed E-state index contributed by atoms with van der Waals surface area (Å²) in [5.74, 6) is 1.42. The van der Waals surface area contributed by atoms with Gasteiger partial charge < -0.3 is 10.6 Å². The van der Waals surface area contributed by atoms with Crippen molar-refractivity contribution in [3.05, 3.63) is 47.5 Å². The fraction of sp³-hybridized carbons (Fsp3) is 0.235. The fourth-order valence-corrected chi connectivity index (χ4v) is 3.41. The average molecular weight is 366 g/mol. The van der Waals surface area contributed by atoms with Crippen molar-refractivity contribution in [2.75, 3.05) is 24.0 Å². The second-order valence-corrected chi connectivity index (χ2v) is 7.40. The zero-order chi connectivity index (χ0) is 16.8. The lowest BCUT2D eigenvalue weighted by Gasteiger charge is -2.20. The lowest BCUT2D eigenvalue weighted by atomic mass is 10.3. The Hall–Kier alpha value is -1.30. The summed E-state index contributed by atoms with van der Waals surface area (Å²) >= 11 is 9.77. The Morgan fingerprint density at radius 3 is 2.70 bits per heavy atom. The van der Waals surface area contributed by atoms with Crippen LogP contribution in [0.2, 0.25) is 5.02 Å². The molecule has 0 aliphatic heterocycles. The van der Waals surface area contributed by atoms with Gasteiger partial charge in [0, 0.05) is 16.8 Å². The van der Waals surface area contributed by atoms with Gasteiger partial charge in [0.25, 0.3) is 0 Å². The van der Waals surface area contributed by atoms with Crippen molar-refractivity contribution in [2.45, 2.75) is 16.7 Å². The van der Waals surface area contributed by atoms with E-state index in [4.69, 9.17) is 17.3 Å². The van der Waals surface area contributed by atoms with Crippen LogP contribution in [0.4, 0.5) is 11.4 Å². The minimum absolute atomic E-state index is 0.406. The first-order valence-electron chi connectivity index (χ1n) is 7.19. The summed E-state index contributed by atoms with van der Waals surface area (Å²) in [6.45, 7) is 2.12. The van der Waals surface area contributed by atoms with Crippen LogP contribution in [0, 0.1) is 0 Å². The summed E-state index contributed by atoms with van der Waals surface area (Å²) < 4.78 is 0. The number of rotatable bonds is 5. The second kappa shape index (κ2) is 8.52. The molecule has 0 aliphatic rings. The number of nitrogens with zero attached hydrogens (tertiary/aromatic N) is 2. The summed E-state index contributed by atoms with van der Waals surface area (Å²) in [4.78, 5) is 8.63. The quantitative estimate of drug-likeness (QED) is 0.446. The molecular formula is C17H20ClN3S2. The van der Waals surface area contributed by atoms with E-state index < -0.39 is 0 Å². The third-order valence-corrected chi connectivity index (χ3v) is 5.15. The van der Waals surface area contributed by atoms with Crippen molar-refractivity contribution in [3.63, 3.8) is 0 Å². The number of anilines is 1. The Labute approximate surface area is 151 Å². The molecule has 2 N–H and O–H groups in total. The molecule has 0 spiro atoms. The number of halogens is 1. The van der Waals surface area contributed by atoms with E-state index in [0.29, 0.717) is 11.0 Å². The molecule has 0 aliphatic carbocycles. The van der Waals surface area contributed by atoms with E-state index in [1.54, 1.807) is 23.5 Å². The van der Waals surface area contributed by atoms with Gasteiger partial charge >= 0.3 is 0 Å². The monoisotopic (exact) mass is 365 g/mol. The van der Waals surface area contributed by atoms with Gasteiger partial charge in [-0.1, -0.05) is 24.6 Å². The summed E-state index contributed by atoms with van der Waals surface area (Å²) in [7, 11) is 1.87. The zero-order valence-corrected chi connectivity index (χ0v) is 15.8. The van der Waals surface area contributed by atoms with E-state index in [-0.39, 0.29) is 0 Å². The molecule has 0 unspecified atom stereocenters. The highest BCUT2D eigenvalue weighted by atomic mass is 35.5. The van der Waals surface area contributed by atoms with Gasteiger partial charge in [0.1, 0.15) is 0 Å². The van der Waals surface area contributed by atoms with Gasteiger partial charge in [-0.05, 0) is 48.4 Å². The highest BCUT2D eigenvalue weighted by molar-refractivity contribution is 7.99. The predicted molar refractivity (Wildman–Crippen MR) is 106 cm³/mol. The van der Waals surface area contributed by atoms with Crippen LogP contribution in [0.1, 0.15) is 6.92 Å². The van der Waals surface area contributed by atoms with Crippen LogP contribution in [0.15, 0.2) is 57.2 Å². The second-order valence-electron chi connectivity index (χ2n) is 4.78. The number of nitrogens with two attached hydrogens (primary N) is 1. The maximum Gasteiger partial charge on any atom is 0.200 e. The van der Waals surface area contributed by atoms with E-state index in [9.17, 15) is 0 Å². The van der Waals surface area contributed by atoms with Gasteiger partial charge in [0.15, 0.2) is 0 Å². The SMILES string of the molecule is CCSc1ccc(Cl)c(N(C)C(N)=Nc2cccc(SC)c2)c1. The predicted octanol–water partition coefficient (Wildman–Crippen LogP) is 5.26. The number of guanidine groups is 1. The van der Waals surface area contributed by atoms with E-state index in [1.807, 2.05) is 60.7 Å². The molecule has 0 amide bonds. The zero-order valence-electron chi connectivity index (χ0n) is 13.4. The Bertz CT molecular complexity index is 704. The number of hydrogen-bond donors (Lipinski definition) is 1. The van der Waals surface area contributed by atoms with E-state index in [0.717, 1.165) is 26.9 Å². The maximum absolute atomic E-state index is 6.32. The van der Waals surface area contributed by atoms with Crippen molar-refractivity contribution in [2.24, 2.45) is 10.7 Å². The molecule has 3 nitrogen and oxygen atoms in total. The summed E-state index contributed by atoms with van der Waals surface area (Å²) in [5.41, 5.74) is 7.85. The molecule has 2 aromatic rings. The summed E-state index contributed by atoms with van der Waals surface area (Å²) in [5, 5.41) is 0.656. The standard InChI is InChI=1S/C17H20ClN3S2/c1-4-23-14-8-9-15(18)16(11-14)21(2)17(19)20-12-6-5-7-13(10-12)22-3/h5-11H,4H2,1-3H3,(H2,19,20). The van der Waals surface area contributed by atoms with Crippen molar-refractivity contribution in [1.29, 1.82) is 0 Å². The molecule has 0 saturated heterocycles. The van der Waals surface area contributed by atoms with E-state index >= 15 is 0 Å². The van der Waals surface area contributed by atoms with E-state index in [1.165, 1.54) is 0 Å². The lowest BCUT2D eigenvalue weighted by Crippen LogP contribution is -2.33. The van der Waals surface area contributed by atoms with Crippen LogP contribution in [-0.2, 0) is 0 Å². The lowest BCUT2D eigenvalue weighted by molar-refractivity contribution is 1.20. The van der Waals surface area contributed by atoms with Gasteiger partial charge in [-0.25, -0.2) is 4.99 Å².